The molecule has 2 N–H and O–H groups in total. The first-order valence-corrected chi connectivity index (χ1v) is 7.98. The van der Waals surface area contributed by atoms with Gasteiger partial charge in [0.15, 0.2) is 11.2 Å². The molecule has 0 aromatic carbocycles. The molecule has 2 aromatic rings. The second-order valence-electron chi connectivity index (χ2n) is 4.45. The first-order valence-electron chi connectivity index (χ1n) is 6.58. The molecule has 0 unspecified atom stereocenters. The van der Waals surface area contributed by atoms with Gasteiger partial charge in [-0.15, -0.1) is 0 Å². The highest BCUT2D eigenvalue weighted by Crippen LogP contribution is 2.28. The van der Waals surface area contributed by atoms with Crippen molar-refractivity contribution >= 4 is 27.2 Å². The van der Waals surface area contributed by atoms with Gasteiger partial charge in [-0.3, -0.25) is 0 Å². The van der Waals surface area contributed by atoms with E-state index < -0.39 is 21.5 Å². The van der Waals surface area contributed by atoms with Crippen LogP contribution >= 0.6 is 0 Å². The summed E-state index contributed by atoms with van der Waals surface area (Å²) in [6.45, 7) is 2.17. The molecule has 2 rings (SSSR count). The van der Waals surface area contributed by atoms with Crippen molar-refractivity contribution in [2.45, 2.75) is 25.3 Å². The number of nitrogen functional groups attached to an aromatic ring is 1. The predicted molar refractivity (Wildman–Crippen MR) is 75.5 cm³/mol. The average molecular weight is 367 g/mol. The van der Waals surface area contributed by atoms with Crippen molar-refractivity contribution in [1.29, 1.82) is 0 Å². The van der Waals surface area contributed by atoms with Crippen molar-refractivity contribution in [2.24, 2.45) is 0 Å². The Hall–Kier alpha value is -2.44. The molecule has 0 saturated carbocycles. The maximum atomic E-state index is 12.3. The number of unbranched alkanes of at least 4 members (excludes halogenated alkanes) is 1. The van der Waals surface area contributed by atoms with E-state index in [1.54, 1.807) is 0 Å². The fraction of sp³-hybridized carbons (Fsp3) is 0.455. The van der Waals surface area contributed by atoms with Gasteiger partial charge in [-0.2, -0.15) is 31.6 Å². The third-order valence-electron chi connectivity index (χ3n) is 2.59. The van der Waals surface area contributed by atoms with Gasteiger partial charge in [-0.05, 0) is 6.42 Å². The van der Waals surface area contributed by atoms with Crippen LogP contribution in [0.3, 0.4) is 0 Å². The summed E-state index contributed by atoms with van der Waals surface area (Å²) in [6.07, 6.45) is 2.17. The molecule has 132 valence electrons. The maximum absolute atomic E-state index is 12.3. The van der Waals surface area contributed by atoms with Gasteiger partial charge in [0.2, 0.25) is 11.8 Å². The molecule has 0 amide bonds. The standard InChI is InChI=1S/C11H12F3N5O4S/c1-2-3-4-22-9-7-8(18-10(15)19-9)16-5-6(17-7)23-24(20,21)11(12,13)14/h5H,2-4H2,1H3,(H2,15,16,18,19). The Morgan fingerprint density at radius 1 is 1.25 bits per heavy atom. The van der Waals surface area contributed by atoms with Crippen LogP contribution in [0, 0.1) is 0 Å². The average Bonchev–Trinajstić information content (AvgIpc) is 2.46. The zero-order valence-electron chi connectivity index (χ0n) is 12.2. The van der Waals surface area contributed by atoms with Gasteiger partial charge in [0.25, 0.3) is 5.88 Å². The second-order valence-corrected chi connectivity index (χ2v) is 5.99. The van der Waals surface area contributed by atoms with Crippen LogP contribution in [-0.2, 0) is 10.1 Å². The van der Waals surface area contributed by atoms with Crippen LogP contribution in [0.2, 0.25) is 0 Å². The van der Waals surface area contributed by atoms with Crippen LogP contribution in [0.1, 0.15) is 19.8 Å². The second kappa shape index (κ2) is 6.59. The van der Waals surface area contributed by atoms with E-state index in [0.29, 0.717) is 12.6 Å². The Labute approximate surface area is 134 Å². The lowest BCUT2D eigenvalue weighted by molar-refractivity contribution is -0.0501. The molecule has 0 saturated heterocycles. The first-order chi connectivity index (χ1) is 11.1. The van der Waals surface area contributed by atoms with E-state index in [0.717, 1.165) is 6.42 Å². The van der Waals surface area contributed by atoms with Crippen molar-refractivity contribution < 1.29 is 30.5 Å². The number of ether oxygens (including phenoxy) is 1. The van der Waals surface area contributed by atoms with Gasteiger partial charge in [0.1, 0.15) is 0 Å². The van der Waals surface area contributed by atoms with E-state index in [9.17, 15) is 21.6 Å². The number of halogens is 3. The Balaban J connectivity index is 2.42. The monoisotopic (exact) mass is 367 g/mol. The van der Waals surface area contributed by atoms with Gasteiger partial charge >= 0.3 is 15.6 Å². The van der Waals surface area contributed by atoms with Gasteiger partial charge < -0.3 is 14.7 Å². The number of hydrogen-bond acceptors (Lipinski definition) is 9. The normalized spacial score (nSPS) is 12.3. The minimum atomic E-state index is -5.87. The van der Waals surface area contributed by atoms with Crippen molar-refractivity contribution in [3.05, 3.63) is 6.20 Å². The minimum Gasteiger partial charge on any atom is -0.476 e. The Morgan fingerprint density at radius 2 is 1.96 bits per heavy atom. The molecule has 0 fully saturated rings. The lowest BCUT2D eigenvalue weighted by atomic mass is 10.4. The van der Waals surface area contributed by atoms with Crippen LogP contribution in [0.15, 0.2) is 6.20 Å². The molecule has 2 heterocycles. The summed E-state index contributed by atoms with van der Waals surface area (Å²) in [5, 5.41) is 0. The summed E-state index contributed by atoms with van der Waals surface area (Å²) < 4.78 is 68.3. The Bertz CT molecular complexity index is 843. The quantitative estimate of drug-likeness (QED) is 0.457. The fourth-order valence-electron chi connectivity index (χ4n) is 1.50. The SMILES string of the molecule is CCCCOc1nc(N)nc2ncc(OS(=O)(=O)C(F)(F)F)nc12. The van der Waals surface area contributed by atoms with Crippen LogP contribution in [0.5, 0.6) is 11.8 Å². The largest absolute Gasteiger partial charge is 0.534 e. The number of anilines is 1. The molecule has 0 aliphatic heterocycles. The summed E-state index contributed by atoms with van der Waals surface area (Å²) >= 11 is 0. The van der Waals surface area contributed by atoms with Crippen LogP contribution in [0.4, 0.5) is 19.1 Å². The predicted octanol–water partition coefficient (Wildman–Crippen LogP) is 1.41. The summed E-state index contributed by atoms with van der Waals surface area (Å²) in [5.74, 6) is -1.21. The van der Waals surface area contributed by atoms with E-state index in [1.165, 1.54) is 0 Å². The van der Waals surface area contributed by atoms with Gasteiger partial charge in [0, 0.05) is 0 Å². The highest BCUT2D eigenvalue weighted by atomic mass is 32.2. The van der Waals surface area contributed by atoms with E-state index in [1.807, 2.05) is 6.92 Å². The molecular weight excluding hydrogens is 355 g/mol. The molecule has 24 heavy (non-hydrogen) atoms. The fourth-order valence-corrected chi connectivity index (χ4v) is 1.90. The van der Waals surface area contributed by atoms with Gasteiger partial charge in [-0.25, -0.2) is 9.97 Å². The van der Waals surface area contributed by atoms with Crippen LogP contribution < -0.4 is 14.7 Å². The molecule has 0 atom stereocenters. The Kier molecular flexibility index (Phi) is 4.91. The molecule has 0 spiro atoms. The van der Waals surface area contributed by atoms with Crippen LogP contribution in [-0.4, -0.2) is 40.5 Å². The van der Waals surface area contributed by atoms with Crippen molar-refractivity contribution in [2.75, 3.05) is 12.3 Å². The summed E-state index contributed by atoms with van der Waals surface area (Å²) in [4.78, 5) is 14.8. The first kappa shape index (κ1) is 17.9. The van der Waals surface area contributed by atoms with Crippen LogP contribution in [0.25, 0.3) is 11.2 Å². The number of nitrogens with zero attached hydrogens (tertiary/aromatic N) is 4. The highest BCUT2D eigenvalue weighted by Gasteiger charge is 2.49. The number of rotatable bonds is 6. The van der Waals surface area contributed by atoms with Gasteiger partial charge in [0.05, 0.1) is 12.8 Å². The number of hydrogen-bond donors (Lipinski definition) is 1. The number of fused-ring (bicyclic) bond motifs is 1. The summed E-state index contributed by atoms with van der Waals surface area (Å²) in [5.41, 5.74) is -0.365. The Morgan fingerprint density at radius 3 is 2.58 bits per heavy atom. The van der Waals surface area contributed by atoms with Crippen molar-refractivity contribution in [3.8, 4) is 11.8 Å². The third-order valence-corrected chi connectivity index (χ3v) is 3.54. The molecule has 0 aliphatic carbocycles. The van der Waals surface area contributed by atoms with Crippen molar-refractivity contribution in [3.63, 3.8) is 0 Å². The molecular formula is C11H12F3N5O4S. The minimum absolute atomic E-state index is 0.0780. The van der Waals surface area contributed by atoms with Gasteiger partial charge in [-0.1, -0.05) is 13.3 Å². The van der Waals surface area contributed by atoms with E-state index in [-0.39, 0.29) is 29.6 Å². The lowest BCUT2D eigenvalue weighted by Crippen LogP contribution is -2.28. The van der Waals surface area contributed by atoms with E-state index in [2.05, 4.69) is 24.1 Å². The molecule has 0 aliphatic rings. The van der Waals surface area contributed by atoms with E-state index >= 15 is 0 Å². The molecule has 13 heteroatoms. The zero-order chi connectivity index (χ0) is 18.0. The zero-order valence-corrected chi connectivity index (χ0v) is 13.1. The summed E-state index contributed by atoms with van der Waals surface area (Å²) in [6, 6.07) is 0. The maximum Gasteiger partial charge on any atom is 0.534 e. The third kappa shape index (κ3) is 3.90. The smallest absolute Gasteiger partial charge is 0.476 e. The van der Waals surface area contributed by atoms with Crippen molar-refractivity contribution in [1.82, 2.24) is 19.9 Å². The number of nitrogens with two attached hydrogens (primary N) is 1. The topological polar surface area (TPSA) is 130 Å². The number of alkyl halides is 3. The lowest BCUT2D eigenvalue weighted by Gasteiger charge is -2.10. The molecule has 9 nitrogen and oxygen atoms in total. The molecule has 2 aromatic heterocycles. The highest BCUT2D eigenvalue weighted by molar-refractivity contribution is 7.87. The van der Waals surface area contributed by atoms with E-state index in [4.69, 9.17) is 10.5 Å². The summed E-state index contributed by atoms with van der Waals surface area (Å²) in [7, 11) is -5.87. The molecule has 0 radical (unpaired) electrons. The number of aromatic nitrogens is 4. The molecule has 0 bridgehead atoms.